The number of nitrogens with one attached hydrogen (secondary N) is 1. The molecule has 0 saturated carbocycles. The summed E-state index contributed by atoms with van der Waals surface area (Å²) in [6.45, 7) is 11.6. The summed E-state index contributed by atoms with van der Waals surface area (Å²) in [6.07, 6.45) is 5.58. The Hall–Kier alpha value is -1.02. The predicted octanol–water partition coefficient (Wildman–Crippen LogP) is 4.27. The van der Waals surface area contributed by atoms with E-state index in [-0.39, 0.29) is 5.41 Å². The number of nitrogens with zero attached hydrogens (tertiary/aromatic N) is 1. The zero-order valence-electron chi connectivity index (χ0n) is 13.4. The molecule has 1 aromatic rings. The lowest BCUT2D eigenvalue weighted by Crippen LogP contribution is -2.29. The van der Waals surface area contributed by atoms with Gasteiger partial charge in [0.15, 0.2) is 0 Å². The van der Waals surface area contributed by atoms with Crippen molar-refractivity contribution in [1.29, 1.82) is 0 Å². The largest absolute Gasteiger partial charge is 0.384 e. The quantitative estimate of drug-likeness (QED) is 0.882. The highest BCUT2D eigenvalue weighted by molar-refractivity contribution is 5.45. The van der Waals surface area contributed by atoms with Crippen molar-refractivity contribution in [3.8, 4) is 0 Å². The molecule has 0 aliphatic carbocycles. The van der Waals surface area contributed by atoms with E-state index >= 15 is 0 Å². The summed E-state index contributed by atoms with van der Waals surface area (Å²) in [5.74, 6) is 0. The van der Waals surface area contributed by atoms with Gasteiger partial charge in [0.25, 0.3) is 0 Å². The fourth-order valence-electron chi connectivity index (χ4n) is 2.81. The van der Waals surface area contributed by atoms with Gasteiger partial charge in [-0.3, -0.25) is 0 Å². The third-order valence-electron chi connectivity index (χ3n) is 4.21. The first-order chi connectivity index (χ1) is 9.55. The van der Waals surface area contributed by atoms with Gasteiger partial charge in [-0.05, 0) is 49.0 Å². The van der Waals surface area contributed by atoms with Gasteiger partial charge in [0.2, 0.25) is 0 Å². The minimum absolute atomic E-state index is 0.241. The molecule has 1 fully saturated rings. The lowest BCUT2D eigenvalue weighted by molar-refractivity contribution is 0.296. The molecule has 1 N–H and O–H groups in total. The number of likely N-dealkylation sites (tertiary alicyclic amines) is 1. The third-order valence-corrected chi connectivity index (χ3v) is 4.21. The minimum atomic E-state index is 0.241. The molecule has 2 rings (SSSR count). The van der Waals surface area contributed by atoms with Gasteiger partial charge < -0.3 is 10.2 Å². The molecule has 0 atom stereocenters. The molecule has 0 radical (unpaired) electrons. The van der Waals surface area contributed by atoms with E-state index in [1.807, 2.05) is 0 Å². The Morgan fingerprint density at radius 1 is 0.950 bits per heavy atom. The number of hydrogen-bond acceptors (Lipinski definition) is 2. The molecule has 1 aliphatic heterocycles. The lowest BCUT2D eigenvalue weighted by Gasteiger charge is -2.21. The maximum Gasteiger partial charge on any atom is 0.0340 e. The minimum Gasteiger partial charge on any atom is -0.384 e. The Kier molecular flexibility index (Phi) is 5.47. The second kappa shape index (κ2) is 7.12. The van der Waals surface area contributed by atoms with Crippen molar-refractivity contribution in [2.45, 2.75) is 51.9 Å². The van der Waals surface area contributed by atoms with Crippen LogP contribution in [0.2, 0.25) is 0 Å². The van der Waals surface area contributed by atoms with Gasteiger partial charge in [0, 0.05) is 18.8 Å². The molecule has 112 valence electrons. The maximum atomic E-state index is 3.55. The average Bonchev–Trinajstić information content (AvgIpc) is 2.67. The Morgan fingerprint density at radius 2 is 1.55 bits per heavy atom. The van der Waals surface area contributed by atoms with Crippen molar-refractivity contribution in [1.82, 2.24) is 4.90 Å². The van der Waals surface area contributed by atoms with E-state index in [1.165, 1.54) is 56.6 Å². The second-order valence-electron chi connectivity index (χ2n) is 7.01. The lowest BCUT2D eigenvalue weighted by atomic mass is 9.87. The first-order valence-corrected chi connectivity index (χ1v) is 8.12. The number of hydrogen-bond donors (Lipinski definition) is 1. The fourth-order valence-corrected chi connectivity index (χ4v) is 2.81. The molecule has 1 saturated heterocycles. The van der Waals surface area contributed by atoms with Crippen LogP contribution in [0.25, 0.3) is 0 Å². The normalized spacial score (nSPS) is 17.8. The molecule has 1 aliphatic rings. The van der Waals surface area contributed by atoms with E-state index in [1.54, 1.807) is 0 Å². The van der Waals surface area contributed by atoms with E-state index in [0.717, 1.165) is 6.54 Å². The average molecular weight is 274 g/mol. The van der Waals surface area contributed by atoms with Gasteiger partial charge in [-0.25, -0.2) is 0 Å². The van der Waals surface area contributed by atoms with Gasteiger partial charge in [0.1, 0.15) is 0 Å². The van der Waals surface area contributed by atoms with Crippen LogP contribution in [0.15, 0.2) is 24.3 Å². The van der Waals surface area contributed by atoms with E-state index in [9.17, 15) is 0 Å². The molecular formula is C18H30N2. The van der Waals surface area contributed by atoms with Crippen LogP contribution in [0.1, 0.15) is 52.0 Å². The summed E-state index contributed by atoms with van der Waals surface area (Å²) in [6, 6.07) is 8.91. The molecule has 2 heteroatoms. The Balaban J connectivity index is 1.76. The summed E-state index contributed by atoms with van der Waals surface area (Å²) < 4.78 is 0. The van der Waals surface area contributed by atoms with Crippen LogP contribution in [-0.2, 0) is 5.41 Å². The maximum absolute atomic E-state index is 3.55. The topological polar surface area (TPSA) is 15.3 Å². The highest BCUT2D eigenvalue weighted by Crippen LogP contribution is 2.23. The summed E-state index contributed by atoms with van der Waals surface area (Å²) in [5.41, 5.74) is 2.88. The van der Waals surface area contributed by atoms with Crippen molar-refractivity contribution in [2.75, 3.05) is 31.5 Å². The van der Waals surface area contributed by atoms with Crippen LogP contribution < -0.4 is 5.32 Å². The molecule has 0 spiro atoms. The second-order valence-corrected chi connectivity index (χ2v) is 7.01. The number of anilines is 1. The van der Waals surface area contributed by atoms with Crippen molar-refractivity contribution in [3.63, 3.8) is 0 Å². The number of benzene rings is 1. The standard InChI is InChI=1S/C18H30N2/c1-18(2,3)16-8-10-17(11-9-16)19-12-15-20-13-6-4-5-7-14-20/h8-11,19H,4-7,12-15H2,1-3H3. The summed E-state index contributed by atoms with van der Waals surface area (Å²) in [7, 11) is 0. The highest BCUT2D eigenvalue weighted by atomic mass is 15.1. The molecule has 0 amide bonds. The van der Waals surface area contributed by atoms with Crippen LogP contribution in [0.5, 0.6) is 0 Å². The fraction of sp³-hybridized carbons (Fsp3) is 0.667. The van der Waals surface area contributed by atoms with Gasteiger partial charge in [-0.2, -0.15) is 0 Å². The highest BCUT2D eigenvalue weighted by Gasteiger charge is 2.12. The summed E-state index contributed by atoms with van der Waals surface area (Å²) in [5, 5.41) is 3.55. The Bertz CT molecular complexity index is 381. The van der Waals surface area contributed by atoms with Gasteiger partial charge in [-0.1, -0.05) is 45.7 Å². The van der Waals surface area contributed by atoms with E-state index < -0.39 is 0 Å². The van der Waals surface area contributed by atoms with Crippen molar-refractivity contribution < 1.29 is 0 Å². The van der Waals surface area contributed by atoms with Gasteiger partial charge in [-0.15, -0.1) is 0 Å². The molecule has 2 nitrogen and oxygen atoms in total. The van der Waals surface area contributed by atoms with E-state index in [0.29, 0.717) is 0 Å². The number of rotatable bonds is 4. The molecule has 1 heterocycles. The molecular weight excluding hydrogens is 244 g/mol. The molecule has 0 bridgehead atoms. The third kappa shape index (κ3) is 4.82. The van der Waals surface area contributed by atoms with E-state index in [4.69, 9.17) is 0 Å². The van der Waals surface area contributed by atoms with Crippen LogP contribution >= 0.6 is 0 Å². The van der Waals surface area contributed by atoms with Crippen LogP contribution in [0.3, 0.4) is 0 Å². The van der Waals surface area contributed by atoms with Crippen LogP contribution in [-0.4, -0.2) is 31.1 Å². The zero-order valence-corrected chi connectivity index (χ0v) is 13.4. The monoisotopic (exact) mass is 274 g/mol. The molecule has 0 aromatic heterocycles. The smallest absolute Gasteiger partial charge is 0.0340 e. The zero-order chi connectivity index (χ0) is 14.4. The Labute approximate surface area is 124 Å². The molecule has 0 unspecified atom stereocenters. The van der Waals surface area contributed by atoms with Crippen molar-refractivity contribution >= 4 is 5.69 Å². The Morgan fingerprint density at radius 3 is 2.10 bits per heavy atom. The predicted molar refractivity (Wildman–Crippen MR) is 88.5 cm³/mol. The molecule has 1 aromatic carbocycles. The van der Waals surface area contributed by atoms with Crippen molar-refractivity contribution in [2.24, 2.45) is 0 Å². The first-order valence-electron chi connectivity index (χ1n) is 8.12. The van der Waals surface area contributed by atoms with Gasteiger partial charge in [0.05, 0.1) is 0 Å². The van der Waals surface area contributed by atoms with Crippen LogP contribution in [0.4, 0.5) is 5.69 Å². The SMILES string of the molecule is CC(C)(C)c1ccc(NCCN2CCCCCC2)cc1. The van der Waals surface area contributed by atoms with E-state index in [2.05, 4.69) is 55.3 Å². The first kappa shape index (κ1) is 15.4. The summed E-state index contributed by atoms with van der Waals surface area (Å²) >= 11 is 0. The summed E-state index contributed by atoms with van der Waals surface area (Å²) in [4.78, 5) is 2.60. The van der Waals surface area contributed by atoms with Gasteiger partial charge >= 0.3 is 0 Å². The van der Waals surface area contributed by atoms with Crippen LogP contribution in [0, 0.1) is 0 Å². The molecule has 20 heavy (non-hydrogen) atoms. The van der Waals surface area contributed by atoms with Crippen molar-refractivity contribution in [3.05, 3.63) is 29.8 Å².